The summed E-state index contributed by atoms with van der Waals surface area (Å²) in [5, 5.41) is 9.14. The lowest BCUT2D eigenvalue weighted by Gasteiger charge is -2.31. The van der Waals surface area contributed by atoms with E-state index in [0.717, 1.165) is 30.6 Å². The molecule has 0 saturated carbocycles. The molecule has 0 spiro atoms. The third-order valence-electron chi connectivity index (χ3n) is 3.68. The Kier molecular flexibility index (Phi) is 3.26. The van der Waals surface area contributed by atoms with Crippen LogP contribution in [0.4, 0.5) is 11.4 Å². The van der Waals surface area contributed by atoms with Gasteiger partial charge in [-0.05, 0) is 36.6 Å². The largest absolute Gasteiger partial charge is 0.399 e. The van der Waals surface area contributed by atoms with Crippen LogP contribution in [0.25, 0.3) is 0 Å². The third-order valence-corrected chi connectivity index (χ3v) is 3.68. The minimum absolute atomic E-state index is 0.503. The molecule has 0 bridgehead atoms. The molecule has 2 heterocycles. The van der Waals surface area contributed by atoms with Crippen LogP contribution in [0.2, 0.25) is 0 Å². The van der Waals surface area contributed by atoms with Gasteiger partial charge < -0.3 is 10.6 Å². The molecule has 0 saturated heterocycles. The van der Waals surface area contributed by atoms with Crippen LogP contribution >= 0.6 is 0 Å². The van der Waals surface area contributed by atoms with Gasteiger partial charge in [-0.15, -0.1) is 0 Å². The van der Waals surface area contributed by atoms with Crippen molar-refractivity contribution < 1.29 is 0 Å². The highest BCUT2D eigenvalue weighted by Crippen LogP contribution is 2.30. The monoisotopic (exact) mass is 264 g/mol. The lowest BCUT2D eigenvalue weighted by Crippen LogP contribution is -2.29. The molecule has 3 rings (SSSR count). The zero-order valence-corrected chi connectivity index (χ0v) is 11.2. The second kappa shape index (κ2) is 5.22. The van der Waals surface area contributed by atoms with Crippen LogP contribution in [-0.2, 0) is 13.0 Å². The highest BCUT2D eigenvalue weighted by atomic mass is 15.1. The number of pyridine rings is 1. The minimum Gasteiger partial charge on any atom is -0.399 e. The number of aromatic nitrogens is 1. The lowest BCUT2D eigenvalue weighted by molar-refractivity contribution is 0.689. The van der Waals surface area contributed by atoms with E-state index < -0.39 is 0 Å². The van der Waals surface area contributed by atoms with E-state index in [1.807, 2.05) is 24.3 Å². The molecule has 2 N–H and O–H groups in total. The van der Waals surface area contributed by atoms with Crippen molar-refractivity contribution in [1.82, 2.24) is 4.98 Å². The van der Waals surface area contributed by atoms with E-state index in [9.17, 15) is 0 Å². The topological polar surface area (TPSA) is 65.9 Å². The van der Waals surface area contributed by atoms with Crippen molar-refractivity contribution in [3.8, 4) is 6.07 Å². The highest BCUT2D eigenvalue weighted by Gasteiger charge is 2.18. The van der Waals surface area contributed by atoms with Gasteiger partial charge in [0, 0.05) is 36.2 Å². The maximum absolute atomic E-state index is 9.14. The van der Waals surface area contributed by atoms with Gasteiger partial charge in [-0.1, -0.05) is 12.1 Å². The van der Waals surface area contributed by atoms with Crippen molar-refractivity contribution in [2.75, 3.05) is 17.2 Å². The summed E-state index contributed by atoms with van der Waals surface area (Å²) in [6.07, 6.45) is 3.87. The van der Waals surface area contributed by atoms with Gasteiger partial charge in [-0.3, -0.25) is 0 Å². The average molecular weight is 264 g/mol. The summed E-state index contributed by atoms with van der Waals surface area (Å²) >= 11 is 0. The number of fused-ring (bicyclic) bond motifs is 1. The maximum atomic E-state index is 9.14. The maximum Gasteiger partial charge on any atom is 0.145 e. The number of benzene rings is 1. The van der Waals surface area contributed by atoms with E-state index in [-0.39, 0.29) is 0 Å². The predicted octanol–water partition coefficient (Wildman–Crippen LogP) is 2.49. The first-order valence-corrected chi connectivity index (χ1v) is 6.75. The van der Waals surface area contributed by atoms with Crippen molar-refractivity contribution in [1.29, 1.82) is 5.26 Å². The summed E-state index contributed by atoms with van der Waals surface area (Å²) in [4.78, 5) is 6.41. The number of nitrogen functional groups attached to an aromatic ring is 1. The molecular formula is C16H16N4. The molecule has 2 aromatic rings. The molecule has 0 aliphatic carbocycles. The van der Waals surface area contributed by atoms with Gasteiger partial charge in [0.05, 0.1) is 0 Å². The second-order valence-electron chi connectivity index (χ2n) is 5.04. The van der Waals surface area contributed by atoms with Gasteiger partial charge in [0.15, 0.2) is 0 Å². The third kappa shape index (κ3) is 2.30. The van der Waals surface area contributed by atoms with E-state index >= 15 is 0 Å². The van der Waals surface area contributed by atoms with Crippen LogP contribution in [0.3, 0.4) is 0 Å². The first-order chi connectivity index (χ1) is 9.78. The first kappa shape index (κ1) is 12.5. The number of rotatable bonds is 2. The van der Waals surface area contributed by atoms with Crippen molar-refractivity contribution in [2.24, 2.45) is 0 Å². The van der Waals surface area contributed by atoms with Crippen LogP contribution < -0.4 is 10.6 Å². The van der Waals surface area contributed by atoms with Gasteiger partial charge in [0.1, 0.15) is 11.8 Å². The Morgan fingerprint density at radius 1 is 1.35 bits per heavy atom. The highest BCUT2D eigenvalue weighted by molar-refractivity contribution is 5.62. The van der Waals surface area contributed by atoms with Crippen LogP contribution in [-0.4, -0.2) is 11.5 Å². The number of anilines is 2. The molecule has 0 amide bonds. The summed E-state index contributed by atoms with van der Waals surface area (Å²) in [7, 11) is 0. The fourth-order valence-electron chi connectivity index (χ4n) is 2.70. The Morgan fingerprint density at radius 2 is 2.25 bits per heavy atom. The summed E-state index contributed by atoms with van der Waals surface area (Å²) < 4.78 is 0. The molecular weight excluding hydrogens is 248 g/mol. The van der Waals surface area contributed by atoms with Crippen LogP contribution in [0, 0.1) is 11.3 Å². The zero-order valence-electron chi connectivity index (χ0n) is 11.2. The summed E-state index contributed by atoms with van der Waals surface area (Å²) in [6, 6.07) is 12.1. The Balaban J connectivity index is 1.94. The predicted molar refractivity (Wildman–Crippen MR) is 79.2 cm³/mol. The van der Waals surface area contributed by atoms with Crippen LogP contribution in [0.5, 0.6) is 0 Å². The number of nitrogens with two attached hydrogens (primary N) is 1. The van der Waals surface area contributed by atoms with E-state index in [4.69, 9.17) is 11.0 Å². The molecule has 20 heavy (non-hydrogen) atoms. The van der Waals surface area contributed by atoms with Crippen molar-refractivity contribution in [2.45, 2.75) is 19.4 Å². The van der Waals surface area contributed by atoms with Crippen molar-refractivity contribution in [3.63, 3.8) is 0 Å². The van der Waals surface area contributed by atoms with E-state index in [1.165, 1.54) is 11.3 Å². The minimum atomic E-state index is 0.503. The van der Waals surface area contributed by atoms with Gasteiger partial charge in [-0.25, -0.2) is 4.98 Å². The Labute approximate surface area is 118 Å². The Hall–Kier alpha value is -2.54. The molecule has 1 aliphatic heterocycles. The van der Waals surface area contributed by atoms with E-state index in [0.29, 0.717) is 12.2 Å². The molecule has 0 fully saturated rings. The number of aryl methyl sites for hydroxylation is 1. The second-order valence-corrected chi connectivity index (χ2v) is 5.04. The van der Waals surface area contributed by atoms with E-state index in [1.54, 1.807) is 6.20 Å². The van der Waals surface area contributed by atoms with Gasteiger partial charge in [0.25, 0.3) is 0 Å². The first-order valence-electron chi connectivity index (χ1n) is 6.75. The van der Waals surface area contributed by atoms with Gasteiger partial charge in [-0.2, -0.15) is 5.26 Å². The average Bonchev–Trinajstić information content (AvgIpc) is 2.48. The number of hydrogen-bond donors (Lipinski definition) is 1. The van der Waals surface area contributed by atoms with Gasteiger partial charge >= 0.3 is 0 Å². The van der Waals surface area contributed by atoms with Crippen molar-refractivity contribution in [3.05, 3.63) is 53.3 Å². The number of hydrogen-bond acceptors (Lipinski definition) is 4. The lowest BCUT2D eigenvalue weighted by atomic mass is 10.0. The van der Waals surface area contributed by atoms with Crippen molar-refractivity contribution >= 4 is 11.4 Å². The Morgan fingerprint density at radius 3 is 3.10 bits per heavy atom. The molecule has 1 aromatic heterocycles. The molecule has 0 atom stereocenters. The summed E-state index contributed by atoms with van der Waals surface area (Å²) in [5.74, 6) is 0. The fraction of sp³-hybridized carbons (Fsp3) is 0.250. The summed E-state index contributed by atoms with van der Waals surface area (Å²) in [5.41, 5.74) is 10.7. The molecule has 100 valence electrons. The molecule has 4 heteroatoms. The van der Waals surface area contributed by atoms with Crippen LogP contribution in [0.1, 0.15) is 23.2 Å². The quantitative estimate of drug-likeness (QED) is 0.846. The molecule has 1 aliphatic rings. The van der Waals surface area contributed by atoms with E-state index in [2.05, 4.69) is 22.0 Å². The Bertz CT molecular complexity index is 672. The zero-order chi connectivity index (χ0) is 13.9. The number of nitriles is 1. The number of nitrogens with zero attached hydrogens (tertiary/aromatic N) is 3. The molecule has 0 radical (unpaired) electrons. The van der Waals surface area contributed by atoms with Gasteiger partial charge in [0.2, 0.25) is 0 Å². The summed E-state index contributed by atoms with van der Waals surface area (Å²) in [6.45, 7) is 1.68. The SMILES string of the molecule is N#Cc1ncccc1CN1CCCc2ccc(N)cc21. The standard InChI is InChI=1S/C16H16N4/c17-10-15-13(3-1-7-19-15)11-20-8-2-4-12-5-6-14(18)9-16(12)20/h1,3,5-7,9H,2,4,8,11,18H2. The normalized spacial score (nSPS) is 13.7. The molecule has 1 aromatic carbocycles. The van der Waals surface area contributed by atoms with Crippen LogP contribution in [0.15, 0.2) is 36.5 Å². The fourth-order valence-corrected chi connectivity index (χ4v) is 2.70. The smallest absolute Gasteiger partial charge is 0.145 e. The molecule has 0 unspecified atom stereocenters. The molecule has 4 nitrogen and oxygen atoms in total.